The summed E-state index contributed by atoms with van der Waals surface area (Å²) in [6.45, 7) is 0. The number of amides is 1. The predicted octanol–water partition coefficient (Wildman–Crippen LogP) is 5.71. The average Bonchev–Trinajstić information content (AvgIpc) is 3.16. The number of carbonyl (C=O) groups excluding carboxylic acids is 1. The van der Waals surface area contributed by atoms with Crippen molar-refractivity contribution in [2.75, 3.05) is 5.32 Å². The number of rotatable bonds is 5. The van der Waals surface area contributed by atoms with Gasteiger partial charge in [0.05, 0.1) is 10.5 Å². The molecule has 0 radical (unpaired) electrons. The molecule has 0 fully saturated rings. The van der Waals surface area contributed by atoms with Gasteiger partial charge in [-0.05, 0) is 48.5 Å². The molecular weight excluding hydrogens is 417 g/mol. The number of anilines is 1. The summed E-state index contributed by atoms with van der Waals surface area (Å²) in [5, 5.41) is 23.9. The fourth-order valence-corrected chi connectivity index (χ4v) is 2.75. The largest absolute Gasteiger partial charge is 0.456 e. The SMILES string of the molecule is N#C/C(=C/c1ccc(-c2ccc(Cl)cc2[N+](=O)[O-])o1)C(=O)Nc1ccc(Cl)cc1. The van der Waals surface area contributed by atoms with E-state index < -0.39 is 10.8 Å². The second-order valence-corrected chi connectivity index (χ2v) is 6.62. The lowest BCUT2D eigenvalue weighted by Gasteiger charge is -2.03. The maximum absolute atomic E-state index is 12.3. The Labute approximate surface area is 174 Å². The highest BCUT2D eigenvalue weighted by molar-refractivity contribution is 6.31. The number of nitrogens with zero attached hydrogens (tertiary/aromatic N) is 2. The van der Waals surface area contributed by atoms with Crippen LogP contribution in [0.1, 0.15) is 5.76 Å². The molecule has 0 spiro atoms. The highest BCUT2D eigenvalue weighted by Gasteiger charge is 2.19. The summed E-state index contributed by atoms with van der Waals surface area (Å²) in [5.41, 5.74) is 0.274. The van der Waals surface area contributed by atoms with Gasteiger partial charge < -0.3 is 9.73 Å². The summed E-state index contributed by atoms with van der Waals surface area (Å²) in [6, 6.07) is 15.4. The number of halogens is 2. The summed E-state index contributed by atoms with van der Waals surface area (Å²) < 4.78 is 5.58. The van der Waals surface area contributed by atoms with Crippen molar-refractivity contribution in [3.8, 4) is 17.4 Å². The van der Waals surface area contributed by atoms with E-state index in [0.717, 1.165) is 0 Å². The zero-order valence-electron chi connectivity index (χ0n) is 14.6. The van der Waals surface area contributed by atoms with Crippen LogP contribution in [-0.4, -0.2) is 10.8 Å². The van der Waals surface area contributed by atoms with E-state index in [1.54, 1.807) is 30.3 Å². The molecule has 0 unspecified atom stereocenters. The Morgan fingerprint density at radius 3 is 2.45 bits per heavy atom. The van der Waals surface area contributed by atoms with Crippen LogP contribution in [0, 0.1) is 21.4 Å². The van der Waals surface area contributed by atoms with Gasteiger partial charge in [-0.2, -0.15) is 5.26 Å². The van der Waals surface area contributed by atoms with Crippen LogP contribution in [0.25, 0.3) is 17.4 Å². The summed E-state index contributed by atoms with van der Waals surface area (Å²) in [7, 11) is 0. The molecule has 1 aromatic heterocycles. The van der Waals surface area contributed by atoms with Crippen molar-refractivity contribution in [2.45, 2.75) is 0 Å². The van der Waals surface area contributed by atoms with Crippen LogP contribution in [0.4, 0.5) is 11.4 Å². The Morgan fingerprint density at radius 2 is 1.79 bits per heavy atom. The molecule has 9 heteroatoms. The molecule has 1 N–H and O–H groups in total. The van der Waals surface area contributed by atoms with E-state index in [1.807, 2.05) is 0 Å². The van der Waals surface area contributed by atoms with Crippen LogP contribution in [0.3, 0.4) is 0 Å². The van der Waals surface area contributed by atoms with Gasteiger partial charge in [-0.25, -0.2) is 0 Å². The summed E-state index contributed by atoms with van der Waals surface area (Å²) in [4.78, 5) is 23.0. The maximum atomic E-state index is 12.3. The van der Waals surface area contributed by atoms with Gasteiger partial charge in [-0.3, -0.25) is 14.9 Å². The zero-order chi connectivity index (χ0) is 21.0. The molecule has 2 aromatic carbocycles. The second kappa shape index (κ2) is 8.61. The molecule has 7 nitrogen and oxygen atoms in total. The molecule has 0 aliphatic heterocycles. The van der Waals surface area contributed by atoms with Gasteiger partial charge in [0.1, 0.15) is 23.2 Å². The van der Waals surface area contributed by atoms with Crippen molar-refractivity contribution in [1.29, 1.82) is 5.26 Å². The molecule has 0 aliphatic rings. The molecule has 0 atom stereocenters. The molecule has 0 aliphatic carbocycles. The third-order valence-electron chi connectivity index (χ3n) is 3.80. The van der Waals surface area contributed by atoms with E-state index in [9.17, 15) is 20.2 Å². The number of benzene rings is 2. The van der Waals surface area contributed by atoms with Crippen LogP contribution in [0.5, 0.6) is 0 Å². The Balaban J connectivity index is 1.86. The van der Waals surface area contributed by atoms with E-state index in [4.69, 9.17) is 27.6 Å². The van der Waals surface area contributed by atoms with Gasteiger partial charge >= 0.3 is 0 Å². The van der Waals surface area contributed by atoms with E-state index in [2.05, 4.69) is 5.32 Å². The summed E-state index contributed by atoms with van der Waals surface area (Å²) >= 11 is 11.6. The molecule has 144 valence electrons. The van der Waals surface area contributed by atoms with E-state index >= 15 is 0 Å². The number of nitrogens with one attached hydrogen (secondary N) is 1. The van der Waals surface area contributed by atoms with Crippen LogP contribution in [0.15, 0.2) is 64.6 Å². The van der Waals surface area contributed by atoms with Crippen molar-refractivity contribution in [2.24, 2.45) is 0 Å². The Bertz CT molecular complexity index is 1160. The Hall–Kier alpha value is -3.60. The van der Waals surface area contributed by atoms with Gasteiger partial charge in [0, 0.05) is 27.9 Å². The number of carbonyl (C=O) groups is 1. The lowest BCUT2D eigenvalue weighted by atomic mass is 10.1. The summed E-state index contributed by atoms with van der Waals surface area (Å²) in [6.07, 6.45) is 1.25. The number of nitro benzene ring substituents is 1. The van der Waals surface area contributed by atoms with Crippen molar-refractivity contribution in [3.63, 3.8) is 0 Å². The van der Waals surface area contributed by atoms with Crippen molar-refractivity contribution < 1.29 is 14.1 Å². The van der Waals surface area contributed by atoms with E-state index in [-0.39, 0.29) is 33.4 Å². The second-order valence-electron chi connectivity index (χ2n) is 5.75. The number of furan rings is 1. The number of nitriles is 1. The molecule has 1 heterocycles. The smallest absolute Gasteiger partial charge is 0.281 e. The third-order valence-corrected chi connectivity index (χ3v) is 4.29. The number of hydrogen-bond donors (Lipinski definition) is 1. The monoisotopic (exact) mass is 427 g/mol. The van der Waals surface area contributed by atoms with Crippen LogP contribution in [-0.2, 0) is 4.79 Å². The third kappa shape index (κ3) is 4.82. The first kappa shape index (κ1) is 20.1. The topological polar surface area (TPSA) is 109 Å². The number of nitro groups is 1. The van der Waals surface area contributed by atoms with Gasteiger partial charge in [-0.1, -0.05) is 23.2 Å². The minimum absolute atomic E-state index is 0.187. The molecule has 0 saturated carbocycles. The molecule has 0 saturated heterocycles. The first-order valence-electron chi connectivity index (χ1n) is 8.10. The van der Waals surface area contributed by atoms with Crippen LogP contribution >= 0.6 is 23.2 Å². The molecule has 0 bridgehead atoms. The first-order valence-corrected chi connectivity index (χ1v) is 8.86. The number of hydrogen-bond acceptors (Lipinski definition) is 5. The quantitative estimate of drug-likeness (QED) is 0.242. The lowest BCUT2D eigenvalue weighted by molar-refractivity contribution is -0.384. The first-order chi connectivity index (χ1) is 13.9. The highest BCUT2D eigenvalue weighted by Crippen LogP contribution is 2.33. The van der Waals surface area contributed by atoms with Crippen LogP contribution < -0.4 is 5.32 Å². The Kier molecular flexibility index (Phi) is 5.98. The Morgan fingerprint density at radius 1 is 1.10 bits per heavy atom. The van der Waals surface area contributed by atoms with Gasteiger partial charge in [-0.15, -0.1) is 0 Å². The molecule has 29 heavy (non-hydrogen) atoms. The molecule has 1 amide bonds. The maximum Gasteiger partial charge on any atom is 0.281 e. The zero-order valence-corrected chi connectivity index (χ0v) is 16.1. The van der Waals surface area contributed by atoms with Gasteiger partial charge in [0.25, 0.3) is 11.6 Å². The molecule has 3 rings (SSSR count). The van der Waals surface area contributed by atoms with Gasteiger partial charge in [0.2, 0.25) is 0 Å². The predicted molar refractivity (Wildman–Crippen MR) is 109 cm³/mol. The van der Waals surface area contributed by atoms with Gasteiger partial charge in [0.15, 0.2) is 0 Å². The summed E-state index contributed by atoms with van der Waals surface area (Å²) in [5.74, 6) is -0.243. The van der Waals surface area contributed by atoms with Crippen molar-refractivity contribution >= 4 is 46.6 Å². The normalized spacial score (nSPS) is 11.0. The highest BCUT2D eigenvalue weighted by atomic mass is 35.5. The molecular formula is C20H11Cl2N3O4. The van der Waals surface area contributed by atoms with Crippen LogP contribution in [0.2, 0.25) is 10.0 Å². The fourth-order valence-electron chi connectivity index (χ4n) is 2.46. The minimum atomic E-state index is -0.634. The average molecular weight is 428 g/mol. The molecule has 3 aromatic rings. The van der Waals surface area contributed by atoms with Crippen molar-refractivity contribution in [1.82, 2.24) is 0 Å². The van der Waals surface area contributed by atoms with E-state index in [0.29, 0.717) is 10.7 Å². The standard InChI is InChI=1S/C20H11Cl2N3O4/c21-13-1-4-15(5-2-13)24-20(26)12(11-23)9-16-6-8-19(29-16)17-7-3-14(22)10-18(17)25(27)28/h1-10H,(H,24,26)/b12-9-. The fraction of sp³-hybridized carbons (Fsp3) is 0. The van der Waals surface area contributed by atoms with Crippen molar-refractivity contribution in [3.05, 3.63) is 86.1 Å². The lowest BCUT2D eigenvalue weighted by Crippen LogP contribution is -2.13. The minimum Gasteiger partial charge on any atom is -0.456 e. The van der Waals surface area contributed by atoms with E-state index in [1.165, 1.54) is 36.4 Å².